The highest BCUT2D eigenvalue weighted by molar-refractivity contribution is 6.30. The van der Waals surface area contributed by atoms with E-state index in [1.54, 1.807) is 23.0 Å². The number of benzene rings is 2. The smallest absolute Gasteiger partial charge is 0.254 e. The molecule has 1 fully saturated rings. The molecule has 5 heterocycles. The molecular weight excluding hydrogens is 496 g/mol. The first-order valence-corrected chi connectivity index (χ1v) is 12.3. The number of carbonyl (C=O) groups is 1. The van der Waals surface area contributed by atoms with E-state index in [4.69, 9.17) is 30.9 Å². The van der Waals surface area contributed by atoms with Crippen molar-refractivity contribution in [2.24, 2.45) is 0 Å². The number of fused-ring (bicyclic) bond motifs is 3. The van der Waals surface area contributed by atoms with E-state index in [1.807, 2.05) is 41.3 Å². The SMILES string of the molecule is O=C(C1=COc2ccc(Cl)cc2C1)N1CCN(c2nc3nccc(-c4ccc5c(c4)OCO5)n3n2)CC1. The monoisotopic (exact) mass is 516 g/mol. The van der Waals surface area contributed by atoms with Crippen LogP contribution in [0.15, 0.2) is 60.5 Å². The molecule has 3 aliphatic rings. The molecule has 0 unspecified atom stereocenters. The first kappa shape index (κ1) is 21.9. The van der Waals surface area contributed by atoms with Crippen molar-refractivity contribution in [1.29, 1.82) is 0 Å². The van der Waals surface area contributed by atoms with E-state index >= 15 is 0 Å². The van der Waals surface area contributed by atoms with Gasteiger partial charge in [-0.15, -0.1) is 5.10 Å². The molecule has 2 aromatic heterocycles. The summed E-state index contributed by atoms with van der Waals surface area (Å²) in [4.78, 5) is 26.1. The third-order valence-electron chi connectivity index (χ3n) is 6.75. The van der Waals surface area contributed by atoms with E-state index in [0.717, 1.165) is 28.3 Å². The first-order chi connectivity index (χ1) is 18.1. The van der Waals surface area contributed by atoms with Crippen LogP contribution in [0.4, 0.5) is 5.95 Å². The summed E-state index contributed by atoms with van der Waals surface area (Å²) in [7, 11) is 0. The standard InChI is InChI=1S/C26H21ClN6O4/c27-19-2-4-21-17(12-19)11-18(14-35-21)24(34)31-7-9-32(10-8-31)26-29-25-28-6-5-20(33(25)30-26)16-1-3-22-23(13-16)37-15-36-22/h1-6,12-14H,7-11,15H2. The topological polar surface area (TPSA) is 94.3 Å². The minimum Gasteiger partial charge on any atom is -0.464 e. The van der Waals surface area contributed by atoms with Gasteiger partial charge < -0.3 is 24.0 Å². The summed E-state index contributed by atoms with van der Waals surface area (Å²) in [6, 6.07) is 13.1. The van der Waals surface area contributed by atoms with E-state index in [-0.39, 0.29) is 12.7 Å². The Balaban J connectivity index is 1.07. The highest BCUT2D eigenvalue weighted by Gasteiger charge is 2.28. The van der Waals surface area contributed by atoms with Crippen LogP contribution in [0.25, 0.3) is 17.0 Å². The highest BCUT2D eigenvalue weighted by atomic mass is 35.5. The third kappa shape index (κ3) is 3.89. The highest BCUT2D eigenvalue weighted by Crippen LogP contribution is 2.36. The molecule has 2 aromatic carbocycles. The van der Waals surface area contributed by atoms with Crippen LogP contribution in [0.1, 0.15) is 5.56 Å². The van der Waals surface area contributed by atoms with Crippen molar-refractivity contribution in [3.63, 3.8) is 0 Å². The summed E-state index contributed by atoms with van der Waals surface area (Å²) in [5.74, 6) is 3.22. The van der Waals surface area contributed by atoms with Crippen molar-refractivity contribution >= 4 is 29.2 Å². The second-order valence-corrected chi connectivity index (χ2v) is 9.43. The van der Waals surface area contributed by atoms with Gasteiger partial charge in [0.25, 0.3) is 11.7 Å². The summed E-state index contributed by atoms with van der Waals surface area (Å²) in [5.41, 5.74) is 3.30. The molecule has 3 aliphatic heterocycles. The molecule has 1 saturated heterocycles. The lowest BCUT2D eigenvalue weighted by atomic mass is 10.0. The Morgan fingerprint density at radius 3 is 2.68 bits per heavy atom. The maximum Gasteiger partial charge on any atom is 0.254 e. The second-order valence-electron chi connectivity index (χ2n) is 8.99. The maximum absolute atomic E-state index is 13.2. The zero-order chi connectivity index (χ0) is 24.9. The van der Waals surface area contributed by atoms with Gasteiger partial charge in [-0.25, -0.2) is 4.98 Å². The van der Waals surface area contributed by atoms with Gasteiger partial charge in [0.1, 0.15) is 12.0 Å². The Morgan fingerprint density at radius 2 is 1.78 bits per heavy atom. The fourth-order valence-corrected chi connectivity index (χ4v) is 5.01. The largest absolute Gasteiger partial charge is 0.464 e. The Labute approximate surface area is 216 Å². The molecule has 1 amide bonds. The van der Waals surface area contributed by atoms with Crippen LogP contribution in [0.2, 0.25) is 5.02 Å². The van der Waals surface area contributed by atoms with Crippen molar-refractivity contribution < 1.29 is 19.0 Å². The van der Waals surface area contributed by atoms with Crippen LogP contribution in [-0.2, 0) is 11.2 Å². The Morgan fingerprint density at radius 1 is 0.946 bits per heavy atom. The number of nitrogens with zero attached hydrogens (tertiary/aromatic N) is 6. The van der Waals surface area contributed by atoms with Gasteiger partial charge in [-0.1, -0.05) is 11.6 Å². The lowest BCUT2D eigenvalue weighted by Gasteiger charge is -2.34. The molecular formula is C26H21ClN6O4. The van der Waals surface area contributed by atoms with Crippen LogP contribution in [-0.4, -0.2) is 63.4 Å². The Bertz CT molecular complexity index is 1580. The van der Waals surface area contributed by atoms with E-state index < -0.39 is 0 Å². The van der Waals surface area contributed by atoms with Gasteiger partial charge in [0, 0.05) is 54.9 Å². The van der Waals surface area contributed by atoms with Crippen molar-refractivity contribution in [1.82, 2.24) is 24.5 Å². The van der Waals surface area contributed by atoms with Crippen molar-refractivity contribution in [3.8, 4) is 28.5 Å². The molecule has 0 N–H and O–H groups in total. The fourth-order valence-electron chi connectivity index (χ4n) is 4.81. The Hall–Kier alpha value is -4.31. The minimum atomic E-state index is -0.0278. The molecule has 186 valence electrons. The third-order valence-corrected chi connectivity index (χ3v) is 6.99. The van der Waals surface area contributed by atoms with E-state index in [9.17, 15) is 4.79 Å². The summed E-state index contributed by atoms with van der Waals surface area (Å²) in [5, 5.41) is 5.37. The number of halogens is 1. The van der Waals surface area contributed by atoms with Gasteiger partial charge in [-0.2, -0.15) is 9.50 Å². The second kappa shape index (κ2) is 8.67. The molecule has 0 atom stereocenters. The zero-order valence-electron chi connectivity index (χ0n) is 19.6. The number of hydrogen-bond donors (Lipinski definition) is 0. The summed E-state index contributed by atoms with van der Waals surface area (Å²) < 4.78 is 18.4. The summed E-state index contributed by atoms with van der Waals surface area (Å²) in [6.45, 7) is 2.54. The van der Waals surface area contributed by atoms with Crippen molar-refractivity contribution in [3.05, 3.63) is 71.1 Å². The lowest BCUT2D eigenvalue weighted by molar-refractivity contribution is -0.127. The van der Waals surface area contributed by atoms with Crippen LogP contribution >= 0.6 is 11.6 Å². The average molecular weight is 517 g/mol. The molecule has 4 aromatic rings. The van der Waals surface area contributed by atoms with Gasteiger partial charge in [0.05, 0.1) is 11.3 Å². The van der Waals surface area contributed by atoms with E-state index in [2.05, 4.69) is 14.9 Å². The number of anilines is 1. The normalized spacial score (nSPS) is 16.4. The Kier molecular flexibility index (Phi) is 5.14. The summed E-state index contributed by atoms with van der Waals surface area (Å²) >= 11 is 6.12. The van der Waals surface area contributed by atoms with Crippen molar-refractivity contribution in [2.45, 2.75) is 6.42 Å². The number of amides is 1. The number of piperazine rings is 1. The van der Waals surface area contributed by atoms with Crippen LogP contribution < -0.4 is 19.1 Å². The number of ether oxygens (including phenoxy) is 3. The van der Waals surface area contributed by atoms with Crippen molar-refractivity contribution in [2.75, 3.05) is 37.9 Å². The number of aromatic nitrogens is 4. The van der Waals surface area contributed by atoms with Crippen LogP contribution in [0.5, 0.6) is 17.2 Å². The van der Waals surface area contributed by atoms with Gasteiger partial charge in [0.15, 0.2) is 11.5 Å². The molecule has 37 heavy (non-hydrogen) atoms. The number of rotatable bonds is 3. The molecule has 10 nitrogen and oxygen atoms in total. The molecule has 0 aliphatic carbocycles. The van der Waals surface area contributed by atoms with E-state index in [0.29, 0.717) is 60.7 Å². The fraction of sp³-hybridized carbons (Fsp3) is 0.231. The minimum absolute atomic E-state index is 0.0278. The number of hydrogen-bond acceptors (Lipinski definition) is 8. The first-order valence-electron chi connectivity index (χ1n) is 11.9. The summed E-state index contributed by atoms with van der Waals surface area (Å²) in [6.07, 6.45) is 3.77. The van der Waals surface area contributed by atoms with Gasteiger partial charge in [-0.05, 0) is 42.5 Å². The molecule has 7 rings (SSSR count). The molecule has 0 spiro atoms. The average Bonchev–Trinajstić information content (AvgIpc) is 3.59. The lowest BCUT2D eigenvalue weighted by Crippen LogP contribution is -2.49. The van der Waals surface area contributed by atoms with E-state index in [1.165, 1.54) is 0 Å². The van der Waals surface area contributed by atoms with Gasteiger partial charge in [0.2, 0.25) is 12.7 Å². The molecule has 0 saturated carbocycles. The quantitative estimate of drug-likeness (QED) is 0.409. The zero-order valence-corrected chi connectivity index (χ0v) is 20.4. The molecule has 0 bridgehead atoms. The van der Waals surface area contributed by atoms with Gasteiger partial charge in [-0.3, -0.25) is 4.79 Å². The molecule has 0 radical (unpaired) electrons. The van der Waals surface area contributed by atoms with Crippen LogP contribution in [0.3, 0.4) is 0 Å². The predicted molar refractivity (Wildman–Crippen MR) is 135 cm³/mol. The maximum atomic E-state index is 13.2. The van der Waals surface area contributed by atoms with Gasteiger partial charge >= 0.3 is 0 Å². The molecule has 11 heteroatoms. The predicted octanol–water partition coefficient (Wildman–Crippen LogP) is 3.34. The van der Waals surface area contributed by atoms with Crippen LogP contribution in [0, 0.1) is 0 Å². The number of carbonyl (C=O) groups excluding carboxylic acids is 1.